The van der Waals surface area contributed by atoms with Crippen LogP contribution in [0.2, 0.25) is 0 Å². The molecule has 7 heteroatoms. The minimum atomic E-state index is -0.226. The number of urea groups is 1. The van der Waals surface area contributed by atoms with Crippen molar-refractivity contribution >= 4 is 12.0 Å². The highest BCUT2D eigenvalue weighted by Crippen LogP contribution is 2.35. The van der Waals surface area contributed by atoms with Gasteiger partial charge in [-0.3, -0.25) is 0 Å². The Labute approximate surface area is 130 Å². The fourth-order valence-electron chi connectivity index (χ4n) is 3.32. The van der Waals surface area contributed by atoms with Crippen LogP contribution in [0.5, 0.6) is 0 Å². The summed E-state index contributed by atoms with van der Waals surface area (Å²) in [6.07, 6.45) is 6.30. The molecule has 3 rings (SSSR count). The molecule has 0 unspecified atom stereocenters. The summed E-state index contributed by atoms with van der Waals surface area (Å²) < 4.78 is 6.10. The second-order valence-electron chi connectivity index (χ2n) is 6.31. The molecular weight excluding hydrogens is 282 g/mol. The van der Waals surface area contributed by atoms with Gasteiger partial charge < -0.3 is 19.9 Å². The fraction of sp³-hybridized carbons (Fsp3) is 0.667. The van der Waals surface area contributed by atoms with E-state index in [1.165, 1.54) is 0 Å². The number of ether oxygens (including phenoxy) is 1. The average molecular weight is 305 g/mol. The van der Waals surface area contributed by atoms with Crippen LogP contribution in [0, 0.1) is 0 Å². The number of carbonyl (C=O) groups excluding carboxylic acids is 1. The van der Waals surface area contributed by atoms with Gasteiger partial charge in [-0.2, -0.15) is 0 Å². The van der Waals surface area contributed by atoms with Crippen LogP contribution in [0.4, 0.5) is 10.7 Å². The number of piperidine rings is 1. The topological polar surface area (TPSA) is 70.6 Å². The van der Waals surface area contributed by atoms with E-state index in [9.17, 15) is 4.79 Å². The summed E-state index contributed by atoms with van der Waals surface area (Å²) in [5, 5.41) is 3.32. The van der Waals surface area contributed by atoms with Gasteiger partial charge in [-0.05, 0) is 18.9 Å². The van der Waals surface area contributed by atoms with Crippen molar-refractivity contribution in [3.05, 3.63) is 18.5 Å². The van der Waals surface area contributed by atoms with Gasteiger partial charge in [-0.15, -0.1) is 0 Å². The number of nitrogens with one attached hydrogen (secondary N) is 1. The zero-order valence-electron chi connectivity index (χ0n) is 13.2. The van der Waals surface area contributed by atoms with E-state index < -0.39 is 0 Å². The normalized spacial score (nSPS) is 27.9. The van der Waals surface area contributed by atoms with E-state index in [1.54, 1.807) is 37.5 Å². The van der Waals surface area contributed by atoms with E-state index in [-0.39, 0.29) is 17.7 Å². The number of hydrogen-bond donors (Lipinski definition) is 1. The van der Waals surface area contributed by atoms with E-state index in [2.05, 4.69) is 15.3 Å². The Morgan fingerprint density at radius 1 is 1.45 bits per heavy atom. The Bertz CT molecular complexity index is 524. The molecule has 22 heavy (non-hydrogen) atoms. The number of carbonyl (C=O) groups is 1. The third-order valence-corrected chi connectivity index (χ3v) is 4.30. The highest BCUT2D eigenvalue weighted by Gasteiger charge is 2.44. The predicted octanol–water partition coefficient (Wildman–Crippen LogP) is 1.19. The third kappa shape index (κ3) is 3.14. The molecule has 3 heterocycles. The van der Waals surface area contributed by atoms with Gasteiger partial charge in [-0.1, -0.05) is 0 Å². The molecule has 7 nitrogen and oxygen atoms in total. The second-order valence-corrected chi connectivity index (χ2v) is 6.31. The Morgan fingerprint density at radius 2 is 2.23 bits per heavy atom. The molecule has 2 aliphatic heterocycles. The molecule has 0 aliphatic carbocycles. The molecule has 2 fully saturated rings. The smallest absolute Gasteiger partial charge is 0.319 e. The Hall–Kier alpha value is -1.89. The van der Waals surface area contributed by atoms with Crippen molar-refractivity contribution in [2.45, 2.75) is 30.9 Å². The molecule has 2 saturated heterocycles. The van der Waals surface area contributed by atoms with Gasteiger partial charge in [0.25, 0.3) is 0 Å². The van der Waals surface area contributed by atoms with E-state index in [4.69, 9.17) is 4.74 Å². The van der Waals surface area contributed by atoms with Crippen LogP contribution in [0.15, 0.2) is 18.5 Å². The summed E-state index contributed by atoms with van der Waals surface area (Å²) >= 11 is 0. The van der Waals surface area contributed by atoms with Crippen LogP contribution >= 0.6 is 0 Å². The minimum Gasteiger partial charge on any atom is -0.371 e. The van der Waals surface area contributed by atoms with Gasteiger partial charge >= 0.3 is 6.03 Å². The van der Waals surface area contributed by atoms with Crippen LogP contribution in [0.1, 0.15) is 19.3 Å². The SMILES string of the molecule is CN(C)C(=O)N1CCC[C@@]2(C[C@@H](Nc3ncccn3)CO2)C1. The van der Waals surface area contributed by atoms with E-state index in [1.807, 2.05) is 4.90 Å². The number of aromatic nitrogens is 2. The lowest BCUT2D eigenvalue weighted by Crippen LogP contribution is -2.52. The number of nitrogens with zero attached hydrogens (tertiary/aromatic N) is 4. The average Bonchev–Trinajstić information content (AvgIpc) is 2.89. The molecule has 1 N–H and O–H groups in total. The maximum Gasteiger partial charge on any atom is 0.319 e. The lowest BCUT2D eigenvalue weighted by atomic mass is 9.89. The molecule has 120 valence electrons. The quantitative estimate of drug-likeness (QED) is 0.889. The zero-order chi connectivity index (χ0) is 15.6. The van der Waals surface area contributed by atoms with Crippen molar-refractivity contribution < 1.29 is 9.53 Å². The lowest BCUT2D eigenvalue weighted by Gasteiger charge is -2.40. The van der Waals surface area contributed by atoms with Gasteiger partial charge in [0.1, 0.15) is 0 Å². The second kappa shape index (κ2) is 6.08. The summed E-state index contributed by atoms with van der Waals surface area (Å²) in [5.41, 5.74) is -0.226. The number of amides is 2. The molecule has 1 aromatic rings. The molecular formula is C15H23N5O2. The molecule has 0 saturated carbocycles. The highest BCUT2D eigenvalue weighted by atomic mass is 16.5. The van der Waals surface area contributed by atoms with Crippen molar-refractivity contribution in [1.82, 2.24) is 19.8 Å². The Balaban J connectivity index is 1.62. The predicted molar refractivity (Wildman–Crippen MR) is 82.6 cm³/mol. The van der Waals surface area contributed by atoms with Crippen molar-refractivity contribution in [2.75, 3.05) is 39.1 Å². The Kier molecular flexibility index (Phi) is 4.15. The first-order chi connectivity index (χ1) is 10.6. The van der Waals surface area contributed by atoms with Crippen LogP contribution in [-0.2, 0) is 4.74 Å². The maximum absolute atomic E-state index is 12.2. The Morgan fingerprint density at radius 3 is 2.95 bits per heavy atom. The first kappa shape index (κ1) is 15.0. The third-order valence-electron chi connectivity index (χ3n) is 4.30. The van der Waals surface area contributed by atoms with Crippen LogP contribution in [0.25, 0.3) is 0 Å². The molecule has 0 bridgehead atoms. The minimum absolute atomic E-state index is 0.0606. The van der Waals surface area contributed by atoms with Gasteiger partial charge in [-0.25, -0.2) is 14.8 Å². The van der Waals surface area contributed by atoms with E-state index in [0.29, 0.717) is 19.1 Å². The first-order valence-corrected chi connectivity index (χ1v) is 7.72. The van der Waals surface area contributed by atoms with Crippen molar-refractivity contribution in [1.29, 1.82) is 0 Å². The maximum atomic E-state index is 12.2. The summed E-state index contributed by atoms with van der Waals surface area (Å²) in [6.45, 7) is 2.10. The fourth-order valence-corrected chi connectivity index (χ4v) is 3.32. The largest absolute Gasteiger partial charge is 0.371 e. The highest BCUT2D eigenvalue weighted by molar-refractivity contribution is 5.74. The lowest BCUT2D eigenvalue weighted by molar-refractivity contribution is -0.0430. The standard InChI is InChI=1S/C15H23N5O2/c1-19(2)14(21)20-8-3-5-15(11-20)9-12(10-22-15)18-13-16-6-4-7-17-13/h4,6-7,12H,3,5,8-11H2,1-2H3,(H,16,17,18)/t12-,15-/m1/s1. The van der Waals surface area contributed by atoms with Crippen molar-refractivity contribution in [2.24, 2.45) is 0 Å². The van der Waals surface area contributed by atoms with Crippen LogP contribution < -0.4 is 5.32 Å². The molecule has 2 aliphatic rings. The zero-order valence-corrected chi connectivity index (χ0v) is 13.2. The molecule has 2 amide bonds. The molecule has 1 aromatic heterocycles. The van der Waals surface area contributed by atoms with Gasteiger partial charge in [0, 0.05) is 39.5 Å². The van der Waals surface area contributed by atoms with Gasteiger partial charge in [0.05, 0.1) is 24.8 Å². The summed E-state index contributed by atoms with van der Waals surface area (Å²) in [6, 6.07) is 2.05. The molecule has 2 atom stereocenters. The van der Waals surface area contributed by atoms with Gasteiger partial charge in [0.15, 0.2) is 0 Å². The first-order valence-electron chi connectivity index (χ1n) is 7.72. The van der Waals surface area contributed by atoms with Crippen LogP contribution in [-0.4, -0.2) is 71.2 Å². The number of anilines is 1. The summed E-state index contributed by atoms with van der Waals surface area (Å²) in [4.78, 5) is 24.1. The van der Waals surface area contributed by atoms with E-state index >= 15 is 0 Å². The summed E-state index contributed by atoms with van der Waals surface area (Å²) in [7, 11) is 3.58. The van der Waals surface area contributed by atoms with Gasteiger partial charge in [0.2, 0.25) is 5.95 Å². The summed E-state index contributed by atoms with van der Waals surface area (Å²) in [5.74, 6) is 0.630. The molecule has 0 aromatic carbocycles. The molecule has 1 spiro atoms. The van der Waals surface area contributed by atoms with Crippen LogP contribution in [0.3, 0.4) is 0 Å². The number of likely N-dealkylation sites (tertiary alicyclic amines) is 1. The molecule has 0 radical (unpaired) electrons. The number of rotatable bonds is 2. The van der Waals surface area contributed by atoms with Crippen molar-refractivity contribution in [3.63, 3.8) is 0 Å². The number of hydrogen-bond acceptors (Lipinski definition) is 5. The monoisotopic (exact) mass is 305 g/mol. The van der Waals surface area contributed by atoms with Crippen molar-refractivity contribution in [3.8, 4) is 0 Å². The van der Waals surface area contributed by atoms with E-state index in [0.717, 1.165) is 25.8 Å².